The van der Waals surface area contributed by atoms with Gasteiger partial charge in [-0.15, -0.1) is 11.3 Å². The van der Waals surface area contributed by atoms with Gasteiger partial charge in [0.2, 0.25) is 0 Å². The van der Waals surface area contributed by atoms with Gasteiger partial charge in [-0.3, -0.25) is 10.1 Å². The number of nitrogens with zero attached hydrogens (tertiary/aromatic N) is 1. The van der Waals surface area contributed by atoms with Crippen LogP contribution >= 0.6 is 11.3 Å². The summed E-state index contributed by atoms with van der Waals surface area (Å²) in [7, 11) is 0. The predicted octanol–water partition coefficient (Wildman–Crippen LogP) is 3.76. The van der Waals surface area contributed by atoms with Gasteiger partial charge in [0.25, 0.3) is 5.91 Å². The number of aryl methyl sites for hydroxylation is 1. The van der Waals surface area contributed by atoms with Crippen LogP contribution in [0, 0.1) is 6.92 Å². The molecule has 1 aliphatic rings. The fourth-order valence-electron chi connectivity index (χ4n) is 3.09. The lowest BCUT2D eigenvalue weighted by Crippen LogP contribution is -2.37. The van der Waals surface area contributed by atoms with Crippen LogP contribution in [0.3, 0.4) is 0 Å². The fourth-order valence-corrected chi connectivity index (χ4v) is 4.09. The molecule has 2 heterocycles. The highest BCUT2D eigenvalue weighted by Crippen LogP contribution is 2.26. The second-order valence-electron chi connectivity index (χ2n) is 6.43. The Morgan fingerprint density at radius 1 is 1.19 bits per heavy atom. The van der Waals surface area contributed by atoms with Gasteiger partial charge >= 0.3 is 5.97 Å². The van der Waals surface area contributed by atoms with Gasteiger partial charge in [-0.2, -0.15) is 0 Å². The van der Waals surface area contributed by atoms with E-state index in [9.17, 15) is 9.59 Å². The Labute approximate surface area is 161 Å². The second-order valence-corrected chi connectivity index (χ2v) is 7.52. The van der Waals surface area contributed by atoms with Crippen molar-refractivity contribution in [2.45, 2.75) is 25.9 Å². The molecule has 1 atom stereocenters. The number of aromatic nitrogens is 1. The molecule has 0 fully saturated rings. The van der Waals surface area contributed by atoms with E-state index in [1.165, 1.54) is 16.9 Å². The molecule has 2 aromatic carbocycles. The first-order valence-corrected chi connectivity index (χ1v) is 9.52. The van der Waals surface area contributed by atoms with E-state index in [-0.39, 0.29) is 5.91 Å². The highest BCUT2D eigenvalue weighted by Gasteiger charge is 2.31. The monoisotopic (exact) mass is 378 g/mol. The van der Waals surface area contributed by atoms with Gasteiger partial charge in [0.05, 0.1) is 11.3 Å². The van der Waals surface area contributed by atoms with Crippen LogP contribution in [0.1, 0.15) is 32.1 Å². The van der Waals surface area contributed by atoms with Gasteiger partial charge in [-0.1, -0.05) is 48.5 Å². The van der Waals surface area contributed by atoms with Crippen molar-refractivity contribution in [2.24, 2.45) is 0 Å². The lowest BCUT2D eigenvalue weighted by atomic mass is 9.98. The van der Waals surface area contributed by atoms with Crippen LogP contribution in [-0.4, -0.2) is 23.0 Å². The van der Waals surface area contributed by atoms with Gasteiger partial charge in [-0.05, 0) is 24.1 Å². The molecule has 27 heavy (non-hydrogen) atoms. The SMILES string of the molecule is Cc1nc(NC(=O)C2Cc3ccccc3C(=O)O2)sc1Cc1ccccc1. The van der Waals surface area contributed by atoms with Crippen LogP contribution in [0.4, 0.5) is 5.13 Å². The summed E-state index contributed by atoms with van der Waals surface area (Å²) in [5.74, 6) is -0.810. The molecule has 0 bridgehead atoms. The maximum atomic E-state index is 12.6. The molecule has 4 rings (SSSR count). The number of hydrogen-bond acceptors (Lipinski definition) is 5. The Morgan fingerprint density at radius 3 is 2.74 bits per heavy atom. The molecule has 0 saturated heterocycles. The van der Waals surface area contributed by atoms with E-state index in [4.69, 9.17) is 4.74 Å². The Kier molecular flexibility index (Phi) is 4.73. The van der Waals surface area contributed by atoms with Crippen molar-refractivity contribution in [1.29, 1.82) is 0 Å². The highest BCUT2D eigenvalue weighted by molar-refractivity contribution is 7.15. The van der Waals surface area contributed by atoms with E-state index >= 15 is 0 Å². The van der Waals surface area contributed by atoms with E-state index in [1.54, 1.807) is 12.1 Å². The first-order valence-electron chi connectivity index (χ1n) is 8.70. The van der Waals surface area contributed by atoms with Gasteiger partial charge in [-0.25, -0.2) is 9.78 Å². The lowest BCUT2D eigenvalue weighted by molar-refractivity contribution is -0.125. The van der Waals surface area contributed by atoms with Crippen LogP contribution in [0.15, 0.2) is 54.6 Å². The van der Waals surface area contributed by atoms with E-state index in [2.05, 4.69) is 22.4 Å². The number of anilines is 1. The zero-order chi connectivity index (χ0) is 18.8. The van der Waals surface area contributed by atoms with E-state index < -0.39 is 12.1 Å². The van der Waals surface area contributed by atoms with Crippen molar-refractivity contribution in [3.8, 4) is 0 Å². The molecule has 1 unspecified atom stereocenters. The van der Waals surface area contributed by atoms with Crippen molar-refractivity contribution in [3.63, 3.8) is 0 Å². The van der Waals surface area contributed by atoms with Gasteiger partial charge in [0.15, 0.2) is 11.2 Å². The molecule has 1 aliphatic heterocycles. The molecule has 136 valence electrons. The number of carbonyl (C=O) groups excluding carboxylic acids is 2. The lowest BCUT2D eigenvalue weighted by Gasteiger charge is -2.23. The van der Waals surface area contributed by atoms with Crippen LogP contribution in [-0.2, 0) is 22.4 Å². The summed E-state index contributed by atoms with van der Waals surface area (Å²) in [5, 5.41) is 3.33. The van der Waals surface area contributed by atoms with Crippen molar-refractivity contribution < 1.29 is 14.3 Å². The van der Waals surface area contributed by atoms with Crippen LogP contribution in [0.2, 0.25) is 0 Å². The molecule has 1 aromatic heterocycles. The fraction of sp³-hybridized carbons (Fsp3) is 0.190. The van der Waals surface area contributed by atoms with Crippen LogP contribution < -0.4 is 5.32 Å². The number of fused-ring (bicyclic) bond motifs is 1. The second kappa shape index (κ2) is 7.32. The molecule has 0 spiro atoms. The number of hydrogen-bond donors (Lipinski definition) is 1. The topological polar surface area (TPSA) is 68.3 Å². The zero-order valence-corrected chi connectivity index (χ0v) is 15.6. The molecular formula is C21H18N2O3S. The van der Waals surface area contributed by atoms with Crippen LogP contribution in [0.5, 0.6) is 0 Å². The average Bonchev–Trinajstić information content (AvgIpc) is 3.01. The first-order chi connectivity index (χ1) is 13.1. The zero-order valence-electron chi connectivity index (χ0n) is 14.8. The summed E-state index contributed by atoms with van der Waals surface area (Å²) < 4.78 is 5.31. The predicted molar refractivity (Wildman–Crippen MR) is 104 cm³/mol. The van der Waals surface area contributed by atoms with Gasteiger partial charge < -0.3 is 4.74 Å². The average molecular weight is 378 g/mol. The minimum atomic E-state index is -0.839. The van der Waals surface area contributed by atoms with E-state index in [0.717, 1.165) is 22.6 Å². The number of cyclic esters (lactones) is 1. The van der Waals surface area contributed by atoms with Crippen molar-refractivity contribution in [3.05, 3.63) is 81.9 Å². The summed E-state index contributed by atoms with van der Waals surface area (Å²) >= 11 is 1.45. The summed E-state index contributed by atoms with van der Waals surface area (Å²) in [5.41, 5.74) is 3.44. The number of benzene rings is 2. The molecule has 6 heteroatoms. The third kappa shape index (κ3) is 3.75. The van der Waals surface area contributed by atoms with Gasteiger partial charge in [0.1, 0.15) is 0 Å². The Morgan fingerprint density at radius 2 is 1.93 bits per heavy atom. The molecular weight excluding hydrogens is 360 g/mol. The Balaban J connectivity index is 1.46. The Hall–Kier alpha value is -2.99. The summed E-state index contributed by atoms with van der Waals surface area (Å²) in [6, 6.07) is 17.3. The standard InChI is InChI=1S/C21H18N2O3S/c1-13-18(11-14-7-3-2-4-8-14)27-21(22-13)23-19(24)17-12-15-9-5-6-10-16(15)20(25)26-17/h2-10,17H,11-12H2,1H3,(H,22,23,24). The minimum absolute atomic E-state index is 0.349. The molecule has 3 aromatic rings. The number of ether oxygens (including phenoxy) is 1. The third-order valence-corrected chi connectivity index (χ3v) is 5.59. The molecule has 5 nitrogen and oxygen atoms in total. The third-order valence-electron chi connectivity index (χ3n) is 4.51. The number of amides is 1. The summed E-state index contributed by atoms with van der Waals surface area (Å²) in [6.45, 7) is 1.93. The summed E-state index contributed by atoms with van der Waals surface area (Å²) in [4.78, 5) is 30.2. The van der Waals surface area contributed by atoms with Crippen molar-refractivity contribution in [1.82, 2.24) is 4.98 Å². The number of esters is 1. The number of thiazole rings is 1. The number of carbonyl (C=O) groups is 2. The highest BCUT2D eigenvalue weighted by atomic mass is 32.1. The quantitative estimate of drug-likeness (QED) is 0.702. The maximum Gasteiger partial charge on any atom is 0.339 e. The van der Waals surface area contributed by atoms with E-state index in [0.29, 0.717) is 17.1 Å². The Bertz CT molecular complexity index is 998. The number of rotatable bonds is 4. The maximum absolute atomic E-state index is 12.6. The molecule has 0 radical (unpaired) electrons. The van der Waals surface area contributed by atoms with E-state index in [1.807, 2.05) is 37.3 Å². The molecule has 1 amide bonds. The normalized spacial score (nSPS) is 15.7. The smallest absolute Gasteiger partial charge is 0.339 e. The number of nitrogens with one attached hydrogen (secondary N) is 1. The van der Waals surface area contributed by atoms with Crippen molar-refractivity contribution >= 4 is 28.3 Å². The first kappa shape index (κ1) is 17.4. The molecule has 0 saturated carbocycles. The largest absolute Gasteiger partial charge is 0.448 e. The summed E-state index contributed by atoms with van der Waals surface area (Å²) in [6.07, 6.45) is 0.301. The van der Waals surface area contributed by atoms with Crippen molar-refractivity contribution in [2.75, 3.05) is 5.32 Å². The molecule has 1 N–H and O–H groups in total. The molecule has 0 aliphatic carbocycles. The minimum Gasteiger partial charge on any atom is -0.448 e. The van der Waals surface area contributed by atoms with Gasteiger partial charge in [0, 0.05) is 17.7 Å². The van der Waals surface area contributed by atoms with Crippen LogP contribution in [0.25, 0.3) is 0 Å².